The van der Waals surface area contributed by atoms with E-state index in [1.807, 2.05) is 0 Å². The Morgan fingerprint density at radius 2 is 1.95 bits per heavy atom. The minimum Gasteiger partial charge on any atom is -0.475 e. The molecule has 0 aliphatic carbocycles. The third kappa shape index (κ3) is 3.19. The molecule has 0 bridgehead atoms. The van der Waals surface area contributed by atoms with E-state index in [2.05, 4.69) is 4.74 Å². The third-order valence-corrected chi connectivity index (χ3v) is 3.13. The van der Waals surface area contributed by atoms with Crippen LogP contribution in [0.25, 0.3) is 0 Å². The molecule has 100 valence electrons. The SMILES string of the molecule is COC(=O)c1ccc(CSc2ccc(C(=O)O)o2)o1. The van der Waals surface area contributed by atoms with Gasteiger partial charge in [-0.2, -0.15) is 0 Å². The zero-order chi connectivity index (χ0) is 13.8. The monoisotopic (exact) mass is 282 g/mol. The first-order chi connectivity index (χ1) is 9.10. The topological polar surface area (TPSA) is 89.9 Å². The molecule has 0 saturated heterocycles. The Balaban J connectivity index is 1.96. The number of hydrogen-bond acceptors (Lipinski definition) is 6. The lowest BCUT2D eigenvalue weighted by Crippen LogP contribution is -1.98. The standard InChI is InChI=1S/C12H10O6S/c1-16-12(15)9-3-2-7(17-9)6-19-10-5-4-8(18-10)11(13)14/h2-5H,6H2,1H3,(H,13,14). The van der Waals surface area contributed by atoms with Crippen molar-refractivity contribution in [1.29, 1.82) is 0 Å². The summed E-state index contributed by atoms with van der Waals surface area (Å²) in [5, 5.41) is 9.17. The molecule has 0 aliphatic heterocycles. The molecule has 0 aromatic carbocycles. The van der Waals surface area contributed by atoms with Crippen LogP contribution < -0.4 is 0 Å². The summed E-state index contributed by atoms with van der Waals surface area (Å²) in [5.41, 5.74) is 0. The maximum absolute atomic E-state index is 11.2. The van der Waals surface area contributed by atoms with E-state index >= 15 is 0 Å². The highest BCUT2D eigenvalue weighted by molar-refractivity contribution is 7.98. The van der Waals surface area contributed by atoms with Gasteiger partial charge in [0.15, 0.2) is 5.09 Å². The number of carboxylic acids is 1. The van der Waals surface area contributed by atoms with Gasteiger partial charge in [-0.1, -0.05) is 11.8 Å². The van der Waals surface area contributed by atoms with Gasteiger partial charge in [-0.3, -0.25) is 0 Å². The molecule has 2 aromatic heterocycles. The summed E-state index contributed by atoms with van der Waals surface area (Å²) in [5.74, 6) is -0.649. The van der Waals surface area contributed by atoms with Crippen LogP contribution in [0.3, 0.4) is 0 Å². The smallest absolute Gasteiger partial charge is 0.373 e. The highest BCUT2D eigenvalue weighted by Gasteiger charge is 2.13. The van der Waals surface area contributed by atoms with Gasteiger partial charge >= 0.3 is 11.9 Å². The number of carbonyl (C=O) groups excluding carboxylic acids is 1. The highest BCUT2D eigenvalue weighted by atomic mass is 32.2. The van der Waals surface area contributed by atoms with Crippen LogP contribution in [0.4, 0.5) is 0 Å². The Bertz CT molecular complexity index is 597. The quantitative estimate of drug-likeness (QED) is 0.666. The van der Waals surface area contributed by atoms with Gasteiger partial charge in [0.25, 0.3) is 0 Å². The number of aromatic carboxylic acids is 1. The molecule has 0 radical (unpaired) electrons. The van der Waals surface area contributed by atoms with Gasteiger partial charge < -0.3 is 18.7 Å². The molecule has 6 nitrogen and oxygen atoms in total. The normalized spacial score (nSPS) is 10.4. The van der Waals surface area contributed by atoms with Gasteiger partial charge in [0.05, 0.1) is 12.9 Å². The van der Waals surface area contributed by atoms with Crippen LogP contribution in [0.5, 0.6) is 0 Å². The van der Waals surface area contributed by atoms with Gasteiger partial charge in [0.2, 0.25) is 11.5 Å². The fourth-order valence-corrected chi connectivity index (χ4v) is 2.07. The Morgan fingerprint density at radius 3 is 2.58 bits per heavy atom. The lowest BCUT2D eigenvalue weighted by molar-refractivity contribution is 0.0562. The maximum atomic E-state index is 11.2. The number of furan rings is 2. The van der Waals surface area contributed by atoms with Crippen molar-refractivity contribution in [3.8, 4) is 0 Å². The van der Waals surface area contributed by atoms with Crippen molar-refractivity contribution in [3.63, 3.8) is 0 Å². The van der Waals surface area contributed by atoms with Crippen LogP contribution in [0, 0.1) is 0 Å². The number of hydrogen-bond donors (Lipinski definition) is 1. The van der Waals surface area contributed by atoms with Gasteiger partial charge in [-0.15, -0.1) is 0 Å². The molecule has 0 aliphatic rings. The highest BCUT2D eigenvalue weighted by Crippen LogP contribution is 2.25. The molecule has 0 spiro atoms. The Hall–Kier alpha value is -2.15. The van der Waals surface area contributed by atoms with E-state index in [0.29, 0.717) is 16.6 Å². The van der Waals surface area contributed by atoms with Crippen LogP contribution in [0.2, 0.25) is 0 Å². The summed E-state index contributed by atoms with van der Waals surface area (Å²) in [6, 6.07) is 6.12. The number of ether oxygens (including phenoxy) is 1. The Morgan fingerprint density at radius 1 is 1.21 bits per heavy atom. The predicted octanol–water partition coefficient (Wildman–Crippen LogP) is 2.65. The molecular weight excluding hydrogens is 272 g/mol. The van der Waals surface area contributed by atoms with E-state index in [9.17, 15) is 9.59 Å². The second-order valence-corrected chi connectivity index (χ2v) is 4.45. The number of esters is 1. The summed E-state index contributed by atoms with van der Waals surface area (Å²) < 4.78 is 14.9. The first kappa shape index (κ1) is 13.3. The molecule has 2 aromatic rings. The average molecular weight is 282 g/mol. The average Bonchev–Trinajstić information content (AvgIpc) is 3.04. The number of rotatable bonds is 5. The molecule has 19 heavy (non-hydrogen) atoms. The Labute approximate surface area is 112 Å². The van der Waals surface area contributed by atoms with Crippen molar-refractivity contribution < 1.29 is 28.3 Å². The molecule has 0 fully saturated rings. The van der Waals surface area contributed by atoms with Gasteiger partial charge in [0, 0.05) is 0 Å². The van der Waals surface area contributed by atoms with Crippen LogP contribution >= 0.6 is 11.8 Å². The van der Waals surface area contributed by atoms with Crippen LogP contribution in [0.1, 0.15) is 26.9 Å². The van der Waals surface area contributed by atoms with E-state index in [4.69, 9.17) is 13.9 Å². The van der Waals surface area contributed by atoms with Crippen molar-refractivity contribution in [2.75, 3.05) is 7.11 Å². The summed E-state index contributed by atoms with van der Waals surface area (Å²) in [4.78, 5) is 21.8. The summed E-state index contributed by atoms with van der Waals surface area (Å²) in [6.45, 7) is 0. The summed E-state index contributed by atoms with van der Waals surface area (Å²) >= 11 is 1.27. The first-order valence-electron chi connectivity index (χ1n) is 5.23. The van der Waals surface area contributed by atoms with E-state index in [1.165, 1.54) is 31.0 Å². The number of carboxylic acid groups (broad SMARTS) is 1. The minimum absolute atomic E-state index is 0.114. The predicted molar refractivity (Wildman–Crippen MR) is 65.3 cm³/mol. The largest absolute Gasteiger partial charge is 0.475 e. The van der Waals surface area contributed by atoms with Crippen molar-refractivity contribution in [2.45, 2.75) is 10.8 Å². The van der Waals surface area contributed by atoms with E-state index in [0.717, 1.165) is 0 Å². The molecule has 7 heteroatoms. The molecule has 2 rings (SSSR count). The lowest BCUT2D eigenvalue weighted by atomic mass is 10.4. The lowest BCUT2D eigenvalue weighted by Gasteiger charge is -1.95. The van der Waals surface area contributed by atoms with E-state index < -0.39 is 11.9 Å². The molecule has 0 amide bonds. The van der Waals surface area contributed by atoms with Crippen LogP contribution in [-0.4, -0.2) is 24.2 Å². The molecule has 1 N–H and O–H groups in total. The van der Waals surface area contributed by atoms with Crippen LogP contribution in [0.15, 0.2) is 38.2 Å². The van der Waals surface area contributed by atoms with E-state index in [1.54, 1.807) is 12.1 Å². The molecule has 0 atom stereocenters. The fourth-order valence-electron chi connectivity index (χ4n) is 1.32. The van der Waals surface area contributed by atoms with Crippen molar-refractivity contribution in [2.24, 2.45) is 0 Å². The minimum atomic E-state index is -1.11. The second kappa shape index (κ2) is 5.66. The Kier molecular flexibility index (Phi) is 3.96. The number of methoxy groups -OCH3 is 1. The van der Waals surface area contributed by atoms with Gasteiger partial charge in [0.1, 0.15) is 5.76 Å². The summed E-state index contributed by atoms with van der Waals surface area (Å²) in [6.07, 6.45) is 0. The maximum Gasteiger partial charge on any atom is 0.373 e. The third-order valence-electron chi connectivity index (χ3n) is 2.20. The molecule has 2 heterocycles. The van der Waals surface area contributed by atoms with Gasteiger partial charge in [-0.05, 0) is 24.3 Å². The molecular formula is C12H10O6S. The van der Waals surface area contributed by atoms with Gasteiger partial charge in [-0.25, -0.2) is 9.59 Å². The number of carbonyl (C=O) groups is 2. The fraction of sp³-hybridized carbons (Fsp3) is 0.167. The first-order valence-corrected chi connectivity index (χ1v) is 6.21. The van der Waals surface area contributed by atoms with Crippen molar-refractivity contribution in [1.82, 2.24) is 0 Å². The van der Waals surface area contributed by atoms with Crippen molar-refractivity contribution in [3.05, 3.63) is 41.5 Å². The van der Waals surface area contributed by atoms with Crippen molar-refractivity contribution >= 4 is 23.7 Å². The zero-order valence-corrected chi connectivity index (χ0v) is 10.7. The van der Waals surface area contributed by atoms with E-state index in [-0.39, 0.29) is 11.5 Å². The number of thioether (sulfide) groups is 1. The summed E-state index contributed by atoms with van der Waals surface area (Å²) in [7, 11) is 1.27. The van der Waals surface area contributed by atoms with Crippen LogP contribution in [-0.2, 0) is 10.5 Å². The second-order valence-electron chi connectivity index (χ2n) is 3.47. The molecule has 0 unspecified atom stereocenters. The zero-order valence-electron chi connectivity index (χ0n) is 9.91. The molecule has 0 saturated carbocycles.